The fourth-order valence-corrected chi connectivity index (χ4v) is 2.46. The van der Waals surface area contributed by atoms with Crippen molar-refractivity contribution in [2.45, 2.75) is 39.0 Å². The summed E-state index contributed by atoms with van der Waals surface area (Å²) in [6.07, 6.45) is -2.19. The maximum atomic E-state index is 12.2. The van der Waals surface area contributed by atoms with Gasteiger partial charge in [-0.3, -0.25) is 4.79 Å². The van der Waals surface area contributed by atoms with Gasteiger partial charge >= 0.3 is 12.3 Å². The number of hydrogen-bond acceptors (Lipinski definition) is 3. The minimum Gasteiger partial charge on any atom is -0.481 e. The first-order chi connectivity index (χ1) is 10.7. The number of rotatable bonds is 9. The van der Waals surface area contributed by atoms with Gasteiger partial charge in [-0.25, -0.2) is 0 Å². The Morgan fingerprint density at radius 2 is 2.09 bits per heavy atom. The summed E-state index contributed by atoms with van der Waals surface area (Å²) >= 11 is 0. The van der Waals surface area contributed by atoms with E-state index in [-0.39, 0.29) is 18.2 Å². The zero-order valence-corrected chi connectivity index (χ0v) is 13.0. The molecule has 4 nitrogen and oxygen atoms in total. The van der Waals surface area contributed by atoms with E-state index in [2.05, 4.69) is 4.74 Å². The molecule has 23 heavy (non-hydrogen) atoms. The van der Waals surface area contributed by atoms with E-state index >= 15 is 0 Å². The van der Waals surface area contributed by atoms with Crippen LogP contribution >= 0.6 is 0 Å². The Labute approximate surface area is 133 Å². The molecule has 0 radical (unpaired) electrons. The average molecular weight is 333 g/mol. The molecule has 0 amide bonds. The van der Waals surface area contributed by atoms with Crippen molar-refractivity contribution in [3.8, 4) is 5.75 Å². The predicted octanol–water partition coefficient (Wildman–Crippen LogP) is 3.59. The van der Waals surface area contributed by atoms with Crippen molar-refractivity contribution in [1.29, 1.82) is 0 Å². The van der Waals surface area contributed by atoms with Crippen LogP contribution in [0.1, 0.15) is 31.7 Å². The fourth-order valence-electron chi connectivity index (χ4n) is 2.46. The number of carbonyl (C=O) groups is 1. The molecule has 0 saturated heterocycles. The number of hydrogen-bond donors (Lipinski definition) is 2. The van der Waals surface area contributed by atoms with Crippen LogP contribution in [0.5, 0.6) is 5.75 Å². The van der Waals surface area contributed by atoms with E-state index in [4.69, 9.17) is 10.8 Å². The van der Waals surface area contributed by atoms with E-state index in [1.165, 1.54) is 18.2 Å². The van der Waals surface area contributed by atoms with Gasteiger partial charge in [0.1, 0.15) is 5.75 Å². The third kappa shape index (κ3) is 7.36. The summed E-state index contributed by atoms with van der Waals surface area (Å²) in [6, 6.07) is 5.85. The summed E-state index contributed by atoms with van der Waals surface area (Å²) in [4.78, 5) is 11.0. The van der Waals surface area contributed by atoms with Gasteiger partial charge in [0.05, 0.1) is 5.92 Å². The zero-order chi connectivity index (χ0) is 17.5. The first-order valence-electron chi connectivity index (χ1n) is 7.52. The maximum Gasteiger partial charge on any atom is 0.573 e. The van der Waals surface area contributed by atoms with E-state index < -0.39 is 18.2 Å². The lowest BCUT2D eigenvalue weighted by atomic mass is 9.88. The highest BCUT2D eigenvalue weighted by Crippen LogP contribution is 2.26. The lowest BCUT2D eigenvalue weighted by Crippen LogP contribution is -2.26. The molecular formula is C16H22F3NO3. The molecule has 1 aromatic rings. The molecule has 0 fully saturated rings. The number of nitrogens with two attached hydrogens (primary N) is 1. The van der Waals surface area contributed by atoms with Crippen molar-refractivity contribution in [2.24, 2.45) is 17.6 Å². The Morgan fingerprint density at radius 1 is 1.39 bits per heavy atom. The van der Waals surface area contributed by atoms with E-state index in [1.807, 2.05) is 6.92 Å². The second kappa shape index (κ2) is 8.76. The Bertz CT molecular complexity index is 506. The molecule has 0 aliphatic heterocycles. The van der Waals surface area contributed by atoms with Crippen LogP contribution in [0.2, 0.25) is 0 Å². The lowest BCUT2D eigenvalue weighted by molar-refractivity contribution is -0.274. The van der Waals surface area contributed by atoms with Gasteiger partial charge in [0.15, 0.2) is 0 Å². The topological polar surface area (TPSA) is 72.5 Å². The number of aryl methyl sites for hydroxylation is 1. The predicted molar refractivity (Wildman–Crippen MR) is 80.0 cm³/mol. The largest absolute Gasteiger partial charge is 0.573 e. The standard InChI is InChI=1S/C16H22F3NO3/c1-2-11(8-13(10-20)15(21)22)6-7-12-4-3-5-14(9-12)23-16(17,18)19/h3-5,9,11,13H,2,6-8,10,20H2,1H3,(H,21,22). The first kappa shape index (κ1) is 19.3. The summed E-state index contributed by atoms with van der Waals surface area (Å²) in [6.45, 7) is 2.05. The molecule has 0 aromatic heterocycles. The van der Waals surface area contributed by atoms with Crippen LogP contribution in [-0.2, 0) is 11.2 Å². The second-order valence-corrected chi connectivity index (χ2v) is 5.51. The van der Waals surface area contributed by atoms with Gasteiger partial charge < -0.3 is 15.6 Å². The van der Waals surface area contributed by atoms with Crippen molar-refractivity contribution >= 4 is 5.97 Å². The Kier molecular flexibility index (Phi) is 7.35. The van der Waals surface area contributed by atoms with Crippen LogP contribution in [0.3, 0.4) is 0 Å². The summed E-state index contributed by atoms with van der Waals surface area (Å²) < 4.78 is 40.5. The van der Waals surface area contributed by atoms with Gasteiger partial charge in [0, 0.05) is 6.54 Å². The molecule has 0 spiro atoms. The molecule has 130 valence electrons. The number of alkyl halides is 3. The summed E-state index contributed by atoms with van der Waals surface area (Å²) in [5.74, 6) is -1.58. The Hall–Kier alpha value is -1.76. The first-order valence-corrected chi connectivity index (χ1v) is 7.52. The second-order valence-electron chi connectivity index (χ2n) is 5.51. The quantitative estimate of drug-likeness (QED) is 0.724. The number of ether oxygens (including phenoxy) is 1. The van der Waals surface area contributed by atoms with Gasteiger partial charge in [-0.15, -0.1) is 13.2 Å². The normalized spacial score (nSPS) is 14.3. The molecule has 0 aliphatic rings. The molecule has 7 heteroatoms. The monoisotopic (exact) mass is 333 g/mol. The highest BCUT2D eigenvalue weighted by atomic mass is 19.4. The van der Waals surface area contributed by atoms with Crippen LogP contribution in [0.15, 0.2) is 24.3 Å². The fraction of sp³-hybridized carbons (Fsp3) is 0.562. The zero-order valence-electron chi connectivity index (χ0n) is 13.0. The van der Waals surface area contributed by atoms with E-state index in [1.54, 1.807) is 6.07 Å². The third-order valence-electron chi connectivity index (χ3n) is 3.80. The van der Waals surface area contributed by atoms with Gasteiger partial charge in [-0.1, -0.05) is 25.5 Å². The minimum atomic E-state index is -4.71. The molecule has 0 heterocycles. The molecule has 0 bridgehead atoms. The molecule has 0 aliphatic carbocycles. The van der Waals surface area contributed by atoms with Crippen molar-refractivity contribution < 1.29 is 27.8 Å². The van der Waals surface area contributed by atoms with E-state index in [0.717, 1.165) is 12.0 Å². The molecular weight excluding hydrogens is 311 g/mol. The highest BCUT2D eigenvalue weighted by molar-refractivity contribution is 5.70. The van der Waals surface area contributed by atoms with Gasteiger partial charge in [-0.05, 0) is 42.9 Å². The van der Waals surface area contributed by atoms with Gasteiger partial charge in [-0.2, -0.15) is 0 Å². The van der Waals surface area contributed by atoms with E-state index in [9.17, 15) is 18.0 Å². The molecule has 2 atom stereocenters. The smallest absolute Gasteiger partial charge is 0.481 e. The number of aliphatic carboxylic acids is 1. The number of halogens is 3. The summed E-state index contributed by atoms with van der Waals surface area (Å²) in [5, 5.41) is 9.04. The maximum absolute atomic E-state index is 12.2. The highest BCUT2D eigenvalue weighted by Gasteiger charge is 2.31. The summed E-state index contributed by atoms with van der Waals surface area (Å²) in [7, 11) is 0. The van der Waals surface area contributed by atoms with Crippen molar-refractivity contribution in [3.05, 3.63) is 29.8 Å². The molecule has 0 saturated carbocycles. The van der Waals surface area contributed by atoms with Gasteiger partial charge in [0.25, 0.3) is 0 Å². The van der Waals surface area contributed by atoms with Crippen molar-refractivity contribution in [2.75, 3.05) is 6.54 Å². The van der Waals surface area contributed by atoms with Gasteiger partial charge in [0.2, 0.25) is 0 Å². The van der Waals surface area contributed by atoms with Crippen LogP contribution in [0.25, 0.3) is 0 Å². The number of benzene rings is 1. The van der Waals surface area contributed by atoms with Crippen LogP contribution < -0.4 is 10.5 Å². The van der Waals surface area contributed by atoms with Crippen molar-refractivity contribution in [3.63, 3.8) is 0 Å². The Morgan fingerprint density at radius 3 is 2.61 bits per heavy atom. The van der Waals surface area contributed by atoms with E-state index in [0.29, 0.717) is 19.3 Å². The number of carboxylic acids is 1. The SMILES string of the molecule is CCC(CCc1cccc(OC(F)(F)F)c1)CC(CN)C(=O)O. The minimum absolute atomic E-state index is 0.0841. The Balaban J connectivity index is 2.61. The van der Waals surface area contributed by atoms with Crippen molar-refractivity contribution in [1.82, 2.24) is 0 Å². The molecule has 2 unspecified atom stereocenters. The molecule has 3 N–H and O–H groups in total. The van der Waals surface area contributed by atoms with Crippen LogP contribution in [-0.4, -0.2) is 24.0 Å². The molecule has 1 rings (SSSR count). The van der Waals surface area contributed by atoms with Crippen LogP contribution in [0, 0.1) is 11.8 Å². The number of carboxylic acid groups (broad SMARTS) is 1. The molecule has 1 aromatic carbocycles. The lowest BCUT2D eigenvalue weighted by Gasteiger charge is -2.19. The van der Waals surface area contributed by atoms with Crippen LogP contribution in [0.4, 0.5) is 13.2 Å². The summed E-state index contributed by atoms with van der Waals surface area (Å²) in [5.41, 5.74) is 6.19. The average Bonchev–Trinajstić information content (AvgIpc) is 2.46. The third-order valence-corrected chi connectivity index (χ3v) is 3.80.